The van der Waals surface area contributed by atoms with Gasteiger partial charge in [-0.2, -0.15) is 13.8 Å². The fourth-order valence-corrected chi connectivity index (χ4v) is 6.74. The van der Waals surface area contributed by atoms with E-state index in [1.54, 1.807) is 39.3 Å². The lowest BCUT2D eigenvalue weighted by Gasteiger charge is -2.45. The van der Waals surface area contributed by atoms with E-state index in [-0.39, 0.29) is 5.95 Å². The number of ether oxygens (including phenoxy) is 1. The number of nitrogens with zero attached hydrogens (tertiary/aromatic N) is 3. The predicted octanol–water partition coefficient (Wildman–Crippen LogP) is 0.600. The molecular weight excluding hydrogens is 382 g/mol. The van der Waals surface area contributed by atoms with Crippen LogP contribution in [0.4, 0.5) is 14.7 Å². The van der Waals surface area contributed by atoms with Crippen molar-refractivity contribution < 1.29 is 23.7 Å². The van der Waals surface area contributed by atoms with Crippen molar-refractivity contribution in [1.82, 2.24) is 14.5 Å². The summed E-state index contributed by atoms with van der Waals surface area (Å²) in [6.45, 7) is 10.1. The SMILES string of the molecule is C[Si](C)(C)C(O)[C@H]1O[C@@H](n2cnc(N)nc2=O)C(F)(F)[C@@]1(O)[Si](C)(C)C. The monoisotopic (exact) mass is 408 g/mol. The van der Waals surface area contributed by atoms with E-state index in [1.165, 1.54) is 0 Å². The van der Waals surface area contributed by atoms with Gasteiger partial charge >= 0.3 is 11.6 Å². The molecule has 2 rings (SSSR count). The average molecular weight is 409 g/mol. The Morgan fingerprint density at radius 1 is 1.31 bits per heavy atom. The molecule has 1 fully saturated rings. The molecule has 0 amide bonds. The van der Waals surface area contributed by atoms with Crippen LogP contribution >= 0.6 is 0 Å². The lowest BCUT2D eigenvalue weighted by Crippen LogP contribution is -2.71. The van der Waals surface area contributed by atoms with E-state index in [9.17, 15) is 15.0 Å². The number of hydrogen-bond donors (Lipinski definition) is 3. The number of aliphatic hydroxyl groups is 2. The predicted molar refractivity (Wildman–Crippen MR) is 97.2 cm³/mol. The minimum Gasteiger partial charge on any atom is -0.394 e. The van der Waals surface area contributed by atoms with Gasteiger partial charge in [-0.05, 0) is 0 Å². The summed E-state index contributed by atoms with van der Waals surface area (Å²) in [6, 6.07) is 0. The van der Waals surface area contributed by atoms with Gasteiger partial charge in [-0.3, -0.25) is 0 Å². The molecule has 0 radical (unpaired) electrons. The zero-order valence-corrected chi connectivity index (χ0v) is 17.7. The third-order valence-corrected chi connectivity index (χ3v) is 9.80. The first kappa shape index (κ1) is 21.1. The first-order valence-corrected chi connectivity index (χ1v) is 15.3. The molecule has 1 aliphatic heterocycles. The van der Waals surface area contributed by atoms with Gasteiger partial charge in [0.05, 0.1) is 21.9 Å². The molecule has 1 aromatic heterocycles. The maximum atomic E-state index is 15.4. The molecule has 12 heteroatoms. The molecule has 0 aliphatic carbocycles. The van der Waals surface area contributed by atoms with Crippen LogP contribution in [-0.2, 0) is 4.74 Å². The van der Waals surface area contributed by atoms with Gasteiger partial charge in [0.2, 0.25) is 12.2 Å². The van der Waals surface area contributed by atoms with Crippen LogP contribution in [0.5, 0.6) is 0 Å². The van der Waals surface area contributed by atoms with Crippen molar-refractivity contribution in [2.24, 2.45) is 0 Å². The zero-order valence-electron chi connectivity index (χ0n) is 15.7. The maximum absolute atomic E-state index is 15.4. The highest BCUT2D eigenvalue weighted by Crippen LogP contribution is 2.54. The molecule has 1 aliphatic rings. The van der Waals surface area contributed by atoms with Gasteiger partial charge in [-0.25, -0.2) is 14.3 Å². The van der Waals surface area contributed by atoms with E-state index in [4.69, 9.17) is 10.5 Å². The summed E-state index contributed by atoms with van der Waals surface area (Å²) in [5.74, 6) is -4.20. The minimum atomic E-state index is -3.84. The molecule has 0 spiro atoms. The van der Waals surface area contributed by atoms with Gasteiger partial charge in [-0.15, -0.1) is 0 Å². The fourth-order valence-electron chi connectivity index (χ4n) is 3.14. The zero-order chi connectivity index (χ0) is 20.3. The van der Waals surface area contributed by atoms with Gasteiger partial charge < -0.3 is 20.7 Å². The van der Waals surface area contributed by atoms with E-state index in [0.29, 0.717) is 4.57 Å². The van der Waals surface area contributed by atoms with Crippen LogP contribution in [-0.4, -0.2) is 63.9 Å². The Labute approximate surface area is 152 Å². The summed E-state index contributed by atoms with van der Waals surface area (Å²) in [5, 5.41) is 19.3. The molecule has 26 heavy (non-hydrogen) atoms. The smallest absolute Gasteiger partial charge is 0.354 e. The van der Waals surface area contributed by atoms with Crippen LogP contribution in [0.3, 0.4) is 0 Å². The molecule has 1 saturated heterocycles. The summed E-state index contributed by atoms with van der Waals surface area (Å²) in [7, 11) is -5.42. The van der Waals surface area contributed by atoms with Crippen LogP contribution in [0.25, 0.3) is 0 Å². The van der Waals surface area contributed by atoms with Gasteiger partial charge in [-0.1, -0.05) is 39.3 Å². The van der Waals surface area contributed by atoms with Crippen molar-refractivity contribution >= 4 is 22.1 Å². The van der Waals surface area contributed by atoms with Crippen molar-refractivity contribution in [2.75, 3.05) is 5.73 Å². The maximum Gasteiger partial charge on any atom is 0.354 e. The minimum absolute atomic E-state index is 0.355. The van der Waals surface area contributed by atoms with Crippen LogP contribution in [0.1, 0.15) is 6.23 Å². The second kappa shape index (κ2) is 6.16. The van der Waals surface area contributed by atoms with Gasteiger partial charge in [0, 0.05) is 0 Å². The third-order valence-electron chi connectivity index (χ3n) is 4.82. The Balaban J connectivity index is 2.67. The molecule has 0 bridgehead atoms. The van der Waals surface area contributed by atoms with E-state index in [2.05, 4.69) is 9.97 Å². The number of nitrogen functional groups attached to an aromatic ring is 1. The highest BCUT2D eigenvalue weighted by molar-refractivity contribution is 6.80. The quantitative estimate of drug-likeness (QED) is 0.623. The van der Waals surface area contributed by atoms with Crippen LogP contribution in [0, 0.1) is 0 Å². The molecule has 8 nitrogen and oxygen atoms in total. The third kappa shape index (κ3) is 3.02. The fraction of sp³-hybridized carbons (Fsp3) is 0.786. The van der Waals surface area contributed by atoms with E-state index < -0.39 is 51.0 Å². The number of aromatic nitrogens is 3. The topological polar surface area (TPSA) is 123 Å². The Hall–Kier alpha value is -1.22. The number of aliphatic hydroxyl groups excluding tert-OH is 1. The summed E-state index contributed by atoms with van der Waals surface area (Å²) >= 11 is 0. The number of nitrogens with two attached hydrogens (primary N) is 1. The summed E-state index contributed by atoms with van der Waals surface area (Å²) < 4.78 is 36.9. The molecule has 4 atom stereocenters. The lowest BCUT2D eigenvalue weighted by atomic mass is 10.1. The number of rotatable bonds is 4. The van der Waals surface area contributed by atoms with Crippen LogP contribution < -0.4 is 11.4 Å². The molecule has 1 unspecified atom stereocenters. The van der Waals surface area contributed by atoms with E-state index in [0.717, 1.165) is 6.33 Å². The van der Waals surface area contributed by atoms with E-state index in [1.807, 2.05) is 0 Å². The molecule has 148 valence electrons. The highest BCUT2D eigenvalue weighted by atomic mass is 28.3. The van der Waals surface area contributed by atoms with Crippen LogP contribution in [0.2, 0.25) is 39.3 Å². The molecule has 4 N–H and O–H groups in total. The van der Waals surface area contributed by atoms with Crippen molar-refractivity contribution in [2.45, 2.75) is 68.5 Å². The second-order valence-corrected chi connectivity index (χ2v) is 19.3. The number of hydrogen-bond acceptors (Lipinski definition) is 7. The molecular formula is C14H26F2N4O4Si2. The van der Waals surface area contributed by atoms with Crippen molar-refractivity contribution in [3.05, 3.63) is 16.8 Å². The van der Waals surface area contributed by atoms with Crippen molar-refractivity contribution in [1.29, 1.82) is 0 Å². The standard InChI is InChI=1S/C14H26F2N4O4Si2/c1-25(2,3)9(21)8-14(23,26(4,5)6)13(15,16)10(24-8)20-7-18-11(17)19-12(20)22/h7-10,21,23H,1-6H3,(H2,17,19,22)/t8-,9?,10-,14+/m1/s1. The largest absolute Gasteiger partial charge is 0.394 e. The van der Waals surface area contributed by atoms with Gasteiger partial charge in [0.25, 0.3) is 0 Å². The normalized spacial score (nSPS) is 30.4. The first-order valence-electron chi connectivity index (χ1n) is 8.19. The number of halogens is 2. The Bertz CT molecular complexity index is 750. The highest BCUT2D eigenvalue weighted by Gasteiger charge is 2.76. The average Bonchev–Trinajstić information content (AvgIpc) is 2.66. The number of anilines is 1. The lowest BCUT2D eigenvalue weighted by molar-refractivity contribution is -0.157. The Morgan fingerprint density at radius 2 is 1.85 bits per heavy atom. The van der Waals surface area contributed by atoms with Gasteiger partial charge in [0.1, 0.15) is 17.7 Å². The number of alkyl halides is 2. The molecule has 2 heterocycles. The summed E-state index contributed by atoms with van der Waals surface area (Å²) in [5.41, 5.74) is 2.98. The van der Waals surface area contributed by atoms with Crippen molar-refractivity contribution in [3.63, 3.8) is 0 Å². The van der Waals surface area contributed by atoms with Crippen LogP contribution in [0.15, 0.2) is 11.1 Å². The van der Waals surface area contributed by atoms with E-state index >= 15 is 8.78 Å². The molecule has 0 aromatic carbocycles. The summed E-state index contributed by atoms with van der Waals surface area (Å²) in [6.07, 6.45) is -2.86. The summed E-state index contributed by atoms with van der Waals surface area (Å²) in [4.78, 5) is 19.0. The Kier molecular flexibility index (Phi) is 4.99. The molecule has 0 saturated carbocycles. The second-order valence-electron chi connectivity index (χ2n) is 8.76. The first-order chi connectivity index (χ1) is 11.5. The van der Waals surface area contributed by atoms with Crippen molar-refractivity contribution in [3.8, 4) is 0 Å². The van der Waals surface area contributed by atoms with Gasteiger partial charge in [0.15, 0.2) is 0 Å². The molecule has 1 aromatic rings. The Morgan fingerprint density at radius 3 is 2.27 bits per heavy atom.